The quantitative estimate of drug-likeness (QED) is 0.696. The second-order valence-electron chi connectivity index (χ2n) is 4.56. The minimum absolute atomic E-state index is 0.406. The number of hydrogen-bond acceptors (Lipinski definition) is 3. The number of rotatable bonds is 7. The van der Waals surface area contributed by atoms with Gasteiger partial charge in [-0.3, -0.25) is 4.90 Å². The average molecular weight is 250 g/mol. The number of nitrogens with zero attached hydrogens (tertiary/aromatic N) is 1. The van der Waals surface area contributed by atoms with Gasteiger partial charge in [0.05, 0.1) is 6.61 Å². The molecule has 1 N–H and O–H groups in total. The van der Waals surface area contributed by atoms with E-state index in [1.54, 1.807) is 0 Å². The van der Waals surface area contributed by atoms with Gasteiger partial charge in [-0.15, -0.1) is 0 Å². The summed E-state index contributed by atoms with van der Waals surface area (Å²) in [7, 11) is 0. The summed E-state index contributed by atoms with van der Waals surface area (Å²) in [6.07, 6.45) is 1.12. The maximum absolute atomic E-state index is 11.9. The van der Waals surface area contributed by atoms with Crippen molar-refractivity contribution in [1.29, 1.82) is 0 Å². The predicted molar refractivity (Wildman–Crippen MR) is 64.6 cm³/mol. The average Bonchev–Trinajstić information content (AvgIpc) is 2.50. The van der Waals surface area contributed by atoms with Gasteiger partial charge in [0.25, 0.3) is 6.43 Å². The highest BCUT2D eigenvalue weighted by Gasteiger charge is 2.16. The first-order valence-corrected chi connectivity index (χ1v) is 6.54. The summed E-state index contributed by atoms with van der Waals surface area (Å²) in [4.78, 5) is 2.31. The molecule has 0 spiro atoms. The standard InChI is InChI=1S/C12H24F2N2O/c1-2-4-11-9-16(6-3-5-15-11)7-8-17-10-12(13)14/h11-12,15H,2-10H2,1H3. The third-order valence-electron chi connectivity index (χ3n) is 3.00. The van der Waals surface area contributed by atoms with Crippen molar-refractivity contribution in [1.82, 2.24) is 10.2 Å². The van der Waals surface area contributed by atoms with Gasteiger partial charge in [-0.1, -0.05) is 13.3 Å². The molecule has 0 saturated carbocycles. The van der Waals surface area contributed by atoms with Crippen molar-refractivity contribution in [3.05, 3.63) is 0 Å². The molecule has 0 aromatic carbocycles. The number of hydrogen-bond donors (Lipinski definition) is 1. The molecule has 0 aromatic heterocycles. The van der Waals surface area contributed by atoms with Crippen LogP contribution in [-0.2, 0) is 4.74 Å². The minimum atomic E-state index is -2.35. The van der Waals surface area contributed by atoms with Crippen molar-refractivity contribution in [2.24, 2.45) is 0 Å². The fraction of sp³-hybridized carbons (Fsp3) is 1.00. The lowest BCUT2D eigenvalue weighted by Crippen LogP contribution is -2.38. The van der Waals surface area contributed by atoms with Crippen LogP contribution in [-0.4, -0.2) is 56.8 Å². The Labute approximate surface area is 103 Å². The van der Waals surface area contributed by atoms with E-state index in [1.165, 1.54) is 12.8 Å². The highest BCUT2D eigenvalue weighted by molar-refractivity contribution is 4.76. The maximum atomic E-state index is 11.9. The summed E-state index contributed by atoms with van der Waals surface area (Å²) in [6, 6.07) is 0.539. The van der Waals surface area contributed by atoms with Crippen LogP contribution in [0.4, 0.5) is 8.78 Å². The molecule has 0 aromatic rings. The molecular formula is C12H24F2N2O. The lowest BCUT2D eigenvalue weighted by molar-refractivity contribution is 0.00962. The predicted octanol–water partition coefficient (Wildman–Crippen LogP) is 1.73. The Bertz CT molecular complexity index is 193. The van der Waals surface area contributed by atoms with E-state index in [-0.39, 0.29) is 0 Å². The van der Waals surface area contributed by atoms with Gasteiger partial charge in [-0.25, -0.2) is 8.78 Å². The molecule has 1 aliphatic heterocycles. The van der Waals surface area contributed by atoms with Gasteiger partial charge in [0.2, 0.25) is 0 Å². The van der Waals surface area contributed by atoms with Crippen LogP contribution in [0.25, 0.3) is 0 Å². The van der Waals surface area contributed by atoms with Crippen molar-refractivity contribution < 1.29 is 13.5 Å². The molecule has 0 aliphatic carbocycles. The van der Waals surface area contributed by atoms with Crippen LogP contribution < -0.4 is 5.32 Å². The van der Waals surface area contributed by atoms with Crippen LogP contribution >= 0.6 is 0 Å². The molecule has 1 saturated heterocycles. The topological polar surface area (TPSA) is 24.5 Å². The number of halogens is 2. The van der Waals surface area contributed by atoms with E-state index >= 15 is 0 Å². The molecular weight excluding hydrogens is 226 g/mol. The molecule has 1 rings (SSSR count). The summed E-state index contributed by atoms with van der Waals surface area (Å²) in [5.41, 5.74) is 0. The molecule has 1 atom stereocenters. The van der Waals surface area contributed by atoms with Gasteiger partial charge in [-0.2, -0.15) is 0 Å². The second kappa shape index (κ2) is 8.78. The Morgan fingerprint density at radius 1 is 1.47 bits per heavy atom. The Hall–Kier alpha value is -0.260. The molecule has 3 nitrogen and oxygen atoms in total. The Morgan fingerprint density at radius 3 is 3.00 bits per heavy atom. The van der Waals surface area contributed by atoms with Gasteiger partial charge in [0.15, 0.2) is 0 Å². The van der Waals surface area contributed by atoms with E-state index in [4.69, 9.17) is 4.74 Å². The van der Waals surface area contributed by atoms with E-state index < -0.39 is 13.0 Å². The van der Waals surface area contributed by atoms with E-state index in [9.17, 15) is 8.78 Å². The van der Waals surface area contributed by atoms with Crippen LogP contribution in [0.3, 0.4) is 0 Å². The van der Waals surface area contributed by atoms with Gasteiger partial charge in [0, 0.05) is 19.1 Å². The third-order valence-corrected chi connectivity index (χ3v) is 3.00. The Morgan fingerprint density at radius 2 is 2.29 bits per heavy atom. The smallest absolute Gasteiger partial charge is 0.261 e. The molecule has 1 heterocycles. The van der Waals surface area contributed by atoms with Crippen LogP contribution in [0.1, 0.15) is 26.2 Å². The first-order chi connectivity index (χ1) is 8.22. The second-order valence-corrected chi connectivity index (χ2v) is 4.56. The Balaban J connectivity index is 2.17. The lowest BCUT2D eigenvalue weighted by Gasteiger charge is -2.24. The molecule has 0 amide bonds. The molecule has 1 unspecified atom stereocenters. The molecule has 1 aliphatic rings. The van der Waals surface area contributed by atoms with Crippen molar-refractivity contribution in [2.75, 3.05) is 39.4 Å². The van der Waals surface area contributed by atoms with E-state index in [0.29, 0.717) is 12.6 Å². The normalized spacial score (nSPS) is 22.9. The van der Waals surface area contributed by atoms with Crippen molar-refractivity contribution in [3.63, 3.8) is 0 Å². The zero-order valence-corrected chi connectivity index (χ0v) is 10.6. The molecule has 0 bridgehead atoms. The third kappa shape index (κ3) is 6.91. The molecule has 5 heteroatoms. The molecule has 102 valence electrons. The number of nitrogens with one attached hydrogen (secondary N) is 1. The van der Waals surface area contributed by atoms with E-state index in [0.717, 1.165) is 32.6 Å². The summed E-state index contributed by atoms with van der Waals surface area (Å²) < 4.78 is 28.7. The fourth-order valence-corrected chi connectivity index (χ4v) is 2.19. The van der Waals surface area contributed by atoms with Crippen molar-refractivity contribution >= 4 is 0 Å². The zero-order chi connectivity index (χ0) is 12.5. The summed E-state index contributed by atoms with van der Waals surface area (Å²) in [6.45, 7) is 6.00. The monoisotopic (exact) mass is 250 g/mol. The number of ether oxygens (including phenoxy) is 1. The van der Waals surface area contributed by atoms with Crippen LogP contribution in [0.15, 0.2) is 0 Å². The van der Waals surface area contributed by atoms with Crippen LogP contribution in [0, 0.1) is 0 Å². The summed E-state index contributed by atoms with van der Waals surface area (Å²) in [5, 5.41) is 3.52. The van der Waals surface area contributed by atoms with Crippen molar-refractivity contribution in [3.8, 4) is 0 Å². The first kappa shape index (κ1) is 14.8. The number of alkyl halides is 2. The lowest BCUT2D eigenvalue weighted by atomic mass is 10.1. The largest absolute Gasteiger partial charge is 0.374 e. The van der Waals surface area contributed by atoms with Crippen LogP contribution in [0.2, 0.25) is 0 Å². The van der Waals surface area contributed by atoms with Gasteiger partial charge >= 0.3 is 0 Å². The zero-order valence-electron chi connectivity index (χ0n) is 10.6. The Kier molecular flexibility index (Phi) is 7.64. The summed E-state index contributed by atoms with van der Waals surface area (Å²) >= 11 is 0. The van der Waals surface area contributed by atoms with E-state index in [1.807, 2.05) is 0 Å². The molecule has 1 fully saturated rings. The molecule has 17 heavy (non-hydrogen) atoms. The van der Waals surface area contributed by atoms with Crippen molar-refractivity contribution in [2.45, 2.75) is 38.7 Å². The SMILES string of the molecule is CCCC1CN(CCOCC(F)F)CCCN1. The van der Waals surface area contributed by atoms with Gasteiger partial charge in [-0.05, 0) is 25.9 Å². The van der Waals surface area contributed by atoms with Gasteiger partial charge < -0.3 is 10.1 Å². The maximum Gasteiger partial charge on any atom is 0.261 e. The highest BCUT2D eigenvalue weighted by Crippen LogP contribution is 2.05. The summed E-state index contributed by atoms with van der Waals surface area (Å²) in [5.74, 6) is 0. The van der Waals surface area contributed by atoms with Gasteiger partial charge in [0.1, 0.15) is 6.61 Å². The van der Waals surface area contributed by atoms with E-state index in [2.05, 4.69) is 17.1 Å². The highest BCUT2D eigenvalue weighted by atomic mass is 19.3. The molecule has 0 radical (unpaired) electrons. The van der Waals surface area contributed by atoms with Crippen LogP contribution in [0.5, 0.6) is 0 Å². The fourth-order valence-electron chi connectivity index (χ4n) is 2.19. The first-order valence-electron chi connectivity index (χ1n) is 6.54. The minimum Gasteiger partial charge on any atom is -0.374 e.